The van der Waals surface area contributed by atoms with Crippen molar-refractivity contribution in [3.8, 4) is 17.6 Å². The van der Waals surface area contributed by atoms with Crippen molar-refractivity contribution < 1.29 is 23.8 Å². The molecule has 0 spiro atoms. The normalized spacial score (nSPS) is 16.1. The van der Waals surface area contributed by atoms with Crippen LogP contribution < -0.4 is 14.8 Å². The molecule has 2 aromatic carbocycles. The van der Waals surface area contributed by atoms with E-state index in [1.807, 2.05) is 6.07 Å². The Balaban J connectivity index is 1.62. The van der Waals surface area contributed by atoms with Gasteiger partial charge in [-0.3, -0.25) is 4.79 Å². The molecule has 168 valence electrons. The lowest BCUT2D eigenvalue weighted by Gasteiger charge is -2.25. The van der Waals surface area contributed by atoms with E-state index >= 15 is 0 Å². The Morgan fingerprint density at radius 3 is 2.56 bits per heavy atom. The number of nitriles is 1. The van der Waals surface area contributed by atoms with Gasteiger partial charge in [0.25, 0.3) is 0 Å². The largest absolute Gasteiger partial charge is 0.493 e. The zero-order valence-corrected chi connectivity index (χ0v) is 18.6. The maximum atomic E-state index is 12.7. The maximum absolute atomic E-state index is 12.7. The van der Waals surface area contributed by atoms with Crippen LogP contribution in [-0.2, 0) is 16.0 Å². The van der Waals surface area contributed by atoms with Crippen molar-refractivity contribution >= 4 is 23.6 Å². The third-order valence-electron chi connectivity index (χ3n) is 5.16. The maximum Gasteiger partial charge on any atom is 0.410 e. The van der Waals surface area contributed by atoms with Crippen LogP contribution in [0, 0.1) is 11.3 Å². The van der Waals surface area contributed by atoms with Crippen molar-refractivity contribution in [2.75, 3.05) is 20.8 Å². The Bertz CT molecular complexity index is 1010. The number of nitrogens with zero attached hydrogens (tertiary/aromatic N) is 2. The Kier molecular flexibility index (Phi) is 7.79. The van der Waals surface area contributed by atoms with Crippen molar-refractivity contribution in [1.29, 1.82) is 5.26 Å². The van der Waals surface area contributed by atoms with Crippen LogP contribution in [-0.4, -0.2) is 43.9 Å². The molecule has 3 rings (SSSR count). The van der Waals surface area contributed by atoms with Crippen molar-refractivity contribution in [2.24, 2.45) is 0 Å². The van der Waals surface area contributed by atoms with E-state index < -0.39 is 18.4 Å². The summed E-state index contributed by atoms with van der Waals surface area (Å²) in [5.74, 6) is 0.811. The van der Waals surface area contributed by atoms with Gasteiger partial charge in [0.2, 0.25) is 5.91 Å². The van der Waals surface area contributed by atoms with Gasteiger partial charge in [0, 0.05) is 18.0 Å². The number of methoxy groups -OCH3 is 2. The molecule has 1 unspecified atom stereocenters. The summed E-state index contributed by atoms with van der Waals surface area (Å²) in [4.78, 5) is 26.8. The molecule has 2 aromatic rings. The van der Waals surface area contributed by atoms with Crippen molar-refractivity contribution in [1.82, 2.24) is 10.2 Å². The lowest BCUT2D eigenvalue weighted by Crippen LogP contribution is -2.41. The summed E-state index contributed by atoms with van der Waals surface area (Å²) < 4.78 is 15.9. The van der Waals surface area contributed by atoms with Gasteiger partial charge < -0.3 is 24.4 Å². The van der Waals surface area contributed by atoms with E-state index in [9.17, 15) is 14.9 Å². The minimum atomic E-state index is -0.957. The summed E-state index contributed by atoms with van der Waals surface area (Å²) in [6.45, 7) is 0.502. The quantitative estimate of drug-likeness (QED) is 0.677. The second-order valence-corrected chi connectivity index (χ2v) is 7.65. The number of ether oxygens (including phenoxy) is 3. The first kappa shape index (κ1) is 23.2. The second kappa shape index (κ2) is 10.7. The van der Waals surface area contributed by atoms with Gasteiger partial charge in [-0.2, -0.15) is 5.26 Å². The highest BCUT2D eigenvalue weighted by Crippen LogP contribution is 2.30. The van der Waals surface area contributed by atoms with E-state index in [0.717, 1.165) is 12.0 Å². The highest BCUT2D eigenvalue weighted by atomic mass is 35.5. The average molecular weight is 458 g/mol. The number of halogens is 1. The summed E-state index contributed by atoms with van der Waals surface area (Å²) in [6.07, 6.45) is -0.0118. The Morgan fingerprint density at radius 1 is 1.19 bits per heavy atom. The van der Waals surface area contributed by atoms with Gasteiger partial charge in [-0.25, -0.2) is 4.79 Å². The number of nitrogens with one attached hydrogen (secondary N) is 1. The lowest BCUT2D eigenvalue weighted by atomic mass is 10.1. The van der Waals surface area contributed by atoms with E-state index in [1.165, 1.54) is 14.2 Å². The van der Waals surface area contributed by atoms with Gasteiger partial charge in [-0.1, -0.05) is 29.8 Å². The van der Waals surface area contributed by atoms with Crippen molar-refractivity contribution in [3.05, 3.63) is 58.6 Å². The summed E-state index contributed by atoms with van der Waals surface area (Å²) in [7, 11) is 3.00. The highest BCUT2D eigenvalue weighted by Gasteiger charge is 2.32. The molecule has 1 saturated heterocycles. The molecule has 1 N–H and O–H groups in total. The van der Waals surface area contributed by atoms with E-state index in [4.69, 9.17) is 25.8 Å². The molecule has 1 fully saturated rings. The number of benzene rings is 2. The number of hydrogen-bond donors (Lipinski definition) is 1. The number of amides is 2. The first-order chi connectivity index (χ1) is 15.4. The molecule has 0 aliphatic carbocycles. The fourth-order valence-electron chi connectivity index (χ4n) is 3.52. The summed E-state index contributed by atoms with van der Waals surface area (Å²) in [5, 5.41) is 12.7. The van der Waals surface area contributed by atoms with E-state index in [1.54, 1.807) is 47.4 Å². The summed E-state index contributed by atoms with van der Waals surface area (Å²) in [6, 6.07) is 13.0. The number of carbonyl (C=O) groups excluding carboxylic acids is 2. The fraction of sp³-hybridized carbons (Fsp3) is 0.348. The molecule has 1 heterocycles. The fourth-order valence-corrected chi connectivity index (χ4v) is 3.65. The standard InChI is InChI=1S/C23H24ClN3O5/c1-30-19-10-7-16(13-20(19)31-2)18(14-25)26-23(29)32-22-4-3-11-27(22)21(28)12-15-5-8-17(24)9-6-15/h5-10,13,18,22H,3-4,11-12H2,1-2H3,(H,26,29)/t18?,22-/m0/s1. The highest BCUT2D eigenvalue weighted by molar-refractivity contribution is 6.30. The van der Waals surface area contributed by atoms with Gasteiger partial charge in [0.15, 0.2) is 17.7 Å². The predicted octanol–water partition coefficient (Wildman–Crippen LogP) is 3.84. The Morgan fingerprint density at radius 2 is 1.91 bits per heavy atom. The minimum Gasteiger partial charge on any atom is -0.493 e. The van der Waals surface area contributed by atoms with E-state index in [-0.39, 0.29) is 12.3 Å². The van der Waals surface area contributed by atoms with Crippen molar-refractivity contribution in [3.63, 3.8) is 0 Å². The molecule has 8 nitrogen and oxygen atoms in total. The molecule has 1 aliphatic heterocycles. The SMILES string of the molecule is COc1ccc(C(C#N)NC(=O)O[C@H]2CCCN2C(=O)Cc2ccc(Cl)cc2)cc1OC. The molecule has 0 aromatic heterocycles. The topological polar surface area (TPSA) is 101 Å². The minimum absolute atomic E-state index is 0.139. The smallest absolute Gasteiger partial charge is 0.410 e. The third-order valence-corrected chi connectivity index (χ3v) is 5.41. The van der Waals surface area contributed by atoms with Gasteiger partial charge in [0.05, 0.1) is 26.7 Å². The van der Waals surface area contributed by atoms with Crippen LogP contribution in [0.3, 0.4) is 0 Å². The van der Waals surface area contributed by atoms with Crippen LogP contribution in [0.15, 0.2) is 42.5 Å². The van der Waals surface area contributed by atoms with Crippen LogP contribution in [0.4, 0.5) is 4.79 Å². The zero-order chi connectivity index (χ0) is 23.1. The third kappa shape index (κ3) is 5.62. The van der Waals surface area contributed by atoms with Gasteiger partial charge >= 0.3 is 6.09 Å². The van der Waals surface area contributed by atoms with E-state index in [0.29, 0.717) is 35.1 Å². The number of likely N-dealkylation sites (tertiary alicyclic amines) is 1. The monoisotopic (exact) mass is 457 g/mol. The molecule has 2 atom stereocenters. The Hall–Kier alpha value is -3.44. The molecule has 32 heavy (non-hydrogen) atoms. The van der Waals surface area contributed by atoms with Gasteiger partial charge in [0.1, 0.15) is 6.04 Å². The summed E-state index contributed by atoms with van der Waals surface area (Å²) in [5.41, 5.74) is 1.34. The van der Waals surface area contributed by atoms with Crippen LogP contribution in [0.2, 0.25) is 5.02 Å². The van der Waals surface area contributed by atoms with Crippen molar-refractivity contribution in [2.45, 2.75) is 31.5 Å². The molecule has 0 bridgehead atoms. The van der Waals surface area contributed by atoms with Gasteiger partial charge in [-0.15, -0.1) is 0 Å². The number of rotatable bonds is 7. The van der Waals surface area contributed by atoms with Crippen LogP contribution in [0.1, 0.15) is 30.0 Å². The zero-order valence-electron chi connectivity index (χ0n) is 17.8. The van der Waals surface area contributed by atoms with Gasteiger partial charge in [-0.05, 0) is 41.8 Å². The number of hydrogen-bond acceptors (Lipinski definition) is 6. The average Bonchev–Trinajstić information content (AvgIpc) is 3.26. The number of alkyl carbamates (subject to hydrolysis) is 1. The predicted molar refractivity (Wildman–Crippen MR) is 117 cm³/mol. The molecular weight excluding hydrogens is 434 g/mol. The molecule has 2 amide bonds. The molecule has 1 aliphatic rings. The molecule has 9 heteroatoms. The number of carbonyl (C=O) groups is 2. The first-order valence-corrected chi connectivity index (χ1v) is 10.5. The van der Waals surface area contributed by atoms with Crippen LogP contribution in [0.25, 0.3) is 0 Å². The lowest BCUT2D eigenvalue weighted by molar-refractivity contribution is -0.137. The second-order valence-electron chi connectivity index (χ2n) is 7.21. The Labute approximate surface area is 191 Å². The molecular formula is C23H24ClN3O5. The van der Waals surface area contributed by atoms with E-state index in [2.05, 4.69) is 5.32 Å². The molecule has 0 radical (unpaired) electrons. The first-order valence-electron chi connectivity index (χ1n) is 10.1. The van der Waals surface area contributed by atoms with Crippen LogP contribution in [0.5, 0.6) is 11.5 Å². The molecule has 0 saturated carbocycles. The van der Waals surface area contributed by atoms with Crippen LogP contribution >= 0.6 is 11.6 Å². The summed E-state index contributed by atoms with van der Waals surface area (Å²) >= 11 is 5.89.